The molecule has 0 amide bonds. The van der Waals surface area contributed by atoms with Crippen LogP contribution in [0.5, 0.6) is 0 Å². The van der Waals surface area contributed by atoms with E-state index in [1.807, 2.05) is 0 Å². The Morgan fingerprint density at radius 2 is 1.94 bits per heavy atom. The summed E-state index contributed by atoms with van der Waals surface area (Å²) in [5.74, 6) is -0.848. The summed E-state index contributed by atoms with van der Waals surface area (Å²) in [6.07, 6.45) is -4.51. The minimum absolute atomic E-state index is 0.0596. The van der Waals surface area contributed by atoms with Gasteiger partial charge in [-0.25, -0.2) is 4.39 Å². The van der Waals surface area contributed by atoms with Gasteiger partial charge in [-0.15, -0.1) is 0 Å². The Morgan fingerprint density at radius 1 is 1.29 bits per heavy atom. The fourth-order valence-electron chi connectivity index (χ4n) is 1.55. The van der Waals surface area contributed by atoms with Crippen molar-refractivity contribution in [2.75, 3.05) is 5.32 Å². The zero-order valence-corrected chi connectivity index (χ0v) is 8.61. The molecule has 2 rings (SSSR count). The first-order valence-electron chi connectivity index (χ1n) is 4.92. The first-order valence-corrected chi connectivity index (χ1v) is 4.92. The normalized spacial score (nSPS) is 17.4. The maximum Gasteiger partial charge on any atom is 0.411 e. The van der Waals surface area contributed by atoms with Crippen molar-refractivity contribution in [1.29, 1.82) is 5.26 Å². The summed E-state index contributed by atoms with van der Waals surface area (Å²) in [6, 6.07) is 5.05. The molecule has 0 spiro atoms. The lowest BCUT2D eigenvalue weighted by Crippen LogP contribution is -2.38. The molecule has 90 valence electrons. The van der Waals surface area contributed by atoms with Gasteiger partial charge in [0.15, 0.2) is 0 Å². The number of nitriles is 1. The van der Waals surface area contributed by atoms with E-state index in [9.17, 15) is 17.6 Å². The summed E-state index contributed by atoms with van der Waals surface area (Å²) < 4.78 is 51.3. The van der Waals surface area contributed by atoms with Crippen LogP contribution in [0.25, 0.3) is 0 Å². The lowest BCUT2D eigenvalue weighted by molar-refractivity contribution is -0.151. The van der Waals surface area contributed by atoms with Crippen molar-refractivity contribution in [2.45, 2.75) is 24.6 Å². The fraction of sp³-hybridized carbons (Fsp3) is 0.364. The van der Waals surface area contributed by atoms with Gasteiger partial charge in [-0.05, 0) is 31.0 Å². The standard InChI is InChI=1S/C11H8F4N2/c12-8-5-7(6-16)1-2-9(8)17-10(3-4-10)11(13,14)15/h1-2,5,17H,3-4H2. The molecular weight excluding hydrogens is 236 g/mol. The molecule has 0 bridgehead atoms. The predicted molar refractivity (Wildman–Crippen MR) is 52.8 cm³/mol. The molecule has 1 aromatic rings. The molecular formula is C11H8F4N2. The number of nitrogens with zero attached hydrogens (tertiary/aromatic N) is 1. The zero-order valence-electron chi connectivity index (χ0n) is 8.61. The van der Waals surface area contributed by atoms with Crippen molar-refractivity contribution in [3.63, 3.8) is 0 Å². The lowest BCUT2D eigenvalue weighted by atomic mass is 10.2. The number of benzene rings is 1. The number of nitrogens with one attached hydrogen (secondary N) is 1. The Hall–Kier alpha value is -1.77. The molecule has 0 atom stereocenters. The van der Waals surface area contributed by atoms with Gasteiger partial charge in [-0.2, -0.15) is 18.4 Å². The van der Waals surface area contributed by atoms with E-state index in [0.717, 1.165) is 12.1 Å². The number of halogens is 4. The third-order valence-electron chi connectivity index (χ3n) is 2.76. The first-order chi connectivity index (χ1) is 7.88. The molecule has 0 heterocycles. The van der Waals surface area contributed by atoms with Gasteiger partial charge in [0.05, 0.1) is 17.3 Å². The minimum atomic E-state index is -4.40. The third kappa shape index (κ3) is 2.05. The SMILES string of the molecule is N#Cc1ccc(NC2(C(F)(F)F)CC2)c(F)c1. The molecule has 0 aliphatic heterocycles. The quantitative estimate of drug-likeness (QED) is 0.811. The molecule has 2 nitrogen and oxygen atoms in total. The van der Waals surface area contributed by atoms with E-state index in [1.54, 1.807) is 6.07 Å². The molecule has 17 heavy (non-hydrogen) atoms. The summed E-state index contributed by atoms with van der Waals surface area (Å²) in [6.45, 7) is 0. The van der Waals surface area contributed by atoms with Crippen molar-refractivity contribution in [2.24, 2.45) is 0 Å². The van der Waals surface area contributed by atoms with Crippen LogP contribution in [0.4, 0.5) is 23.2 Å². The highest BCUT2D eigenvalue weighted by molar-refractivity contribution is 5.52. The largest absolute Gasteiger partial charge is 0.411 e. The molecule has 0 radical (unpaired) electrons. The highest BCUT2D eigenvalue weighted by Gasteiger charge is 2.63. The zero-order chi connectivity index (χ0) is 12.7. The Labute approximate surface area is 94.9 Å². The average Bonchev–Trinajstić information content (AvgIpc) is 3.01. The van der Waals surface area contributed by atoms with Crippen LogP contribution in [0.2, 0.25) is 0 Å². The minimum Gasteiger partial charge on any atom is -0.369 e. The second-order valence-electron chi connectivity index (χ2n) is 4.01. The van der Waals surface area contributed by atoms with Crippen LogP contribution in [0.15, 0.2) is 18.2 Å². The molecule has 6 heteroatoms. The van der Waals surface area contributed by atoms with E-state index in [2.05, 4.69) is 5.32 Å². The molecule has 0 unspecified atom stereocenters. The van der Waals surface area contributed by atoms with E-state index in [0.29, 0.717) is 0 Å². The Morgan fingerprint density at radius 3 is 2.35 bits per heavy atom. The van der Waals surface area contributed by atoms with Gasteiger partial charge in [-0.1, -0.05) is 0 Å². The molecule has 1 aromatic carbocycles. The van der Waals surface area contributed by atoms with E-state index in [4.69, 9.17) is 5.26 Å². The van der Waals surface area contributed by atoms with Crippen LogP contribution in [0.3, 0.4) is 0 Å². The van der Waals surface area contributed by atoms with Crippen molar-refractivity contribution >= 4 is 5.69 Å². The van der Waals surface area contributed by atoms with Crippen LogP contribution in [-0.2, 0) is 0 Å². The topological polar surface area (TPSA) is 35.8 Å². The summed E-state index contributed by atoms with van der Waals surface area (Å²) in [7, 11) is 0. The van der Waals surface area contributed by atoms with Gasteiger partial charge < -0.3 is 5.32 Å². The number of hydrogen-bond acceptors (Lipinski definition) is 2. The summed E-state index contributed by atoms with van der Waals surface area (Å²) in [5, 5.41) is 10.7. The monoisotopic (exact) mass is 244 g/mol. The third-order valence-corrected chi connectivity index (χ3v) is 2.76. The molecule has 0 aromatic heterocycles. The van der Waals surface area contributed by atoms with Crippen LogP contribution < -0.4 is 5.32 Å². The number of alkyl halides is 3. The lowest BCUT2D eigenvalue weighted by Gasteiger charge is -2.22. The predicted octanol–water partition coefficient (Wildman–Crippen LogP) is 3.20. The van der Waals surface area contributed by atoms with Gasteiger partial charge in [-0.3, -0.25) is 0 Å². The van der Waals surface area contributed by atoms with Crippen molar-refractivity contribution in [1.82, 2.24) is 0 Å². The summed E-state index contributed by atoms with van der Waals surface area (Å²) in [4.78, 5) is 0. The smallest absolute Gasteiger partial charge is 0.369 e. The fourth-order valence-corrected chi connectivity index (χ4v) is 1.55. The van der Waals surface area contributed by atoms with Crippen molar-refractivity contribution in [3.05, 3.63) is 29.6 Å². The molecule has 1 aliphatic carbocycles. The summed E-state index contributed by atoms with van der Waals surface area (Å²) >= 11 is 0. The molecule has 1 aliphatic rings. The highest BCUT2D eigenvalue weighted by atomic mass is 19.4. The van der Waals surface area contributed by atoms with Crippen LogP contribution in [0, 0.1) is 17.1 Å². The molecule has 1 fully saturated rings. The first kappa shape index (κ1) is 11.7. The Kier molecular flexibility index (Phi) is 2.49. The van der Waals surface area contributed by atoms with Crippen molar-refractivity contribution in [3.8, 4) is 6.07 Å². The molecule has 1 N–H and O–H groups in total. The van der Waals surface area contributed by atoms with Gasteiger partial charge in [0.25, 0.3) is 0 Å². The van der Waals surface area contributed by atoms with E-state index in [-0.39, 0.29) is 24.1 Å². The van der Waals surface area contributed by atoms with E-state index >= 15 is 0 Å². The number of hydrogen-bond donors (Lipinski definition) is 1. The highest BCUT2D eigenvalue weighted by Crippen LogP contribution is 2.51. The van der Waals surface area contributed by atoms with Gasteiger partial charge in [0, 0.05) is 0 Å². The van der Waals surface area contributed by atoms with Crippen molar-refractivity contribution < 1.29 is 17.6 Å². The second kappa shape index (κ2) is 3.62. The number of anilines is 1. The van der Waals surface area contributed by atoms with Crippen LogP contribution >= 0.6 is 0 Å². The molecule has 0 saturated heterocycles. The summed E-state index contributed by atoms with van der Waals surface area (Å²) in [5.41, 5.74) is -2.15. The van der Waals surface area contributed by atoms with E-state index in [1.165, 1.54) is 6.07 Å². The van der Waals surface area contributed by atoms with E-state index < -0.39 is 17.5 Å². The Bertz CT molecular complexity index is 483. The number of rotatable bonds is 2. The Balaban J connectivity index is 2.24. The van der Waals surface area contributed by atoms with Gasteiger partial charge >= 0.3 is 6.18 Å². The molecule has 1 saturated carbocycles. The maximum absolute atomic E-state index is 13.4. The van der Waals surface area contributed by atoms with Crippen LogP contribution in [0.1, 0.15) is 18.4 Å². The average molecular weight is 244 g/mol. The second-order valence-corrected chi connectivity index (χ2v) is 4.01. The maximum atomic E-state index is 13.4. The van der Waals surface area contributed by atoms with Crippen LogP contribution in [-0.4, -0.2) is 11.7 Å². The van der Waals surface area contributed by atoms with Gasteiger partial charge in [0.1, 0.15) is 11.4 Å². The van der Waals surface area contributed by atoms with Gasteiger partial charge in [0.2, 0.25) is 0 Å².